The Morgan fingerprint density at radius 3 is 2.54 bits per heavy atom. The maximum atomic E-state index is 11.4. The molecule has 0 aromatic heterocycles. The fourth-order valence-electron chi connectivity index (χ4n) is 0.986. The zero-order valence-electron chi connectivity index (χ0n) is 7.32. The van der Waals surface area contributed by atoms with Crippen LogP contribution in [-0.2, 0) is 9.09 Å². The van der Waals surface area contributed by atoms with Gasteiger partial charge in [-0.2, -0.15) is 0 Å². The molecule has 1 aromatic carbocycles. The molecule has 0 amide bonds. The van der Waals surface area contributed by atoms with Gasteiger partial charge in [0.05, 0.1) is 5.30 Å². The molecule has 0 radical (unpaired) electrons. The van der Waals surface area contributed by atoms with Crippen LogP contribution in [0.15, 0.2) is 22.7 Å². The Balaban J connectivity index is 3.23. The highest BCUT2D eigenvalue weighted by Crippen LogP contribution is 2.40. The van der Waals surface area contributed by atoms with Crippen LogP contribution in [0.1, 0.15) is 5.56 Å². The van der Waals surface area contributed by atoms with Crippen molar-refractivity contribution in [3.63, 3.8) is 0 Å². The van der Waals surface area contributed by atoms with Gasteiger partial charge >= 0.3 is 7.60 Å². The Morgan fingerprint density at radius 2 is 2.08 bits per heavy atom. The summed E-state index contributed by atoms with van der Waals surface area (Å²) >= 11 is 3.25. The molecule has 1 N–H and O–H groups in total. The number of halogens is 1. The number of hydrogen-bond acceptors (Lipinski definition) is 2. The van der Waals surface area contributed by atoms with Gasteiger partial charge in [-0.1, -0.05) is 15.9 Å². The average molecular weight is 265 g/mol. The van der Waals surface area contributed by atoms with E-state index in [1.54, 1.807) is 12.1 Å². The molecule has 0 aliphatic rings. The van der Waals surface area contributed by atoms with E-state index in [0.717, 1.165) is 10.0 Å². The molecule has 1 atom stereocenters. The minimum absolute atomic E-state index is 0.307. The summed E-state index contributed by atoms with van der Waals surface area (Å²) < 4.78 is 16.7. The lowest BCUT2D eigenvalue weighted by Gasteiger charge is -2.09. The molecule has 0 fully saturated rings. The maximum absolute atomic E-state index is 11.4. The second-order valence-electron chi connectivity index (χ2n) is 2.69. The van der Waals surface area contributed by atoms with Crippen LogP contribution in [0, 0.1) is 6.92 Å². The molecular formula is C8H10BrO3P. The standard InChI is InChI=1S/C8H10BrO3P/c1-6-3-7(9)5-8(4-6)13(10,11)12-2/h3-5H,1-2H3,(H,10,11). The lowest BCUT2D eigenvalue weighted by molar-refractivity contribution is 0.328. The van der Waals surface area contributed by atoms with Gasteiger partial charge in [0.15, 0.2) is 0 Å². The smallest absolute Gasteiger partial charge is 0.321 e. The molecule has 0 spiro atoms. The molecule has 5 heteroatoms. The lowest BCUT2D eigenvalue weighted by atomic mass is 10.2. The van der Waals surface area contributed by atoms with Crippen LogP contribution >= 0.6 is 23.5 Å². The zero-order chi connectivity index (χ0) is 10.1. The monoisotopic (exact) mass is 264 g/mol. The van der Waals surface area contributed by atoms with Crippen molar-refractivity contribution in [1.82, 2.24) is 0 Å². The van der Waals surface area contributed by atoms with Gasteiger partial charge in [0, 0.05) is 11.6 Å². The SMILES string of the molecule is COP(=O)(O)c1cc(C)cc(Br)c1. The molecule has 13 heavy (non-hydrogen) atoms. The molecule has 0 aliphatic carbocycles. The summed E-state index contributed by atoms with van der Waals surface area (Å²) in [6, 6.07) is 5.07. The molecule has 0 bridgehead atoms. The third-order valence-electron chi connectivity index (χ3n) is 1.60. The lowest BCUT2D eigenvalue weighted by Crippen LogP contribution is -2.06. The van der Waals surface area contributed by atoms with Crippen molar-refractivity contribution >= 4 is 28.8 Å². The van der Waals surface area contributed by atoms with E-state index < -0.39 is 7.60 Å². The van der Waals surface area contributed by atoms with Crippen molar-refractivity contribution in [1.29, 1.82) is 0 Å². The van der Waals surface area contributed by atoms with E-state index in [0.29, 0.717) is 5.30 Å². The van der Waals surface area contributed by atoms with E-state index in [-0.39, 0.29) is 0 Å². The first-order valence-corrected chi connectivity index (χ1v) is 5.99. The predicted octanol–water partition coefficient (Wildman–Crippen LogP) is 2.21. The number of hydrogen-bond donors (Lipinski definition) is 1. The summed E-state index contributed by atoms with van der Waals surface area (Å²) in [4.78, 5) is 9.36. The Labute approximate surface area is 85.4 Å². The topological polar surface area (TPSA) is 46.5 Å². The van der Waals surface area contributed by atoms with E-state index in [1.165, 1.54) is 7.11 Å². The van der Waals surface area contributed by atoms with Gasteiger partial charge in [-0.25, -0.2) is 0 Å². The number of rotatable bonds is 2. The maximum Gasteiger partial charge on any atom is 0.358 e. The minimum atomic E-state index is -3.61. The van der Waals surface area contributed by atoms with Gasteiger partial charge in [0.25, 0.3) is 0 Å². The number of aryl methyl sites for hydroxylation is 1. The molecule has 1 unspecified atom stereocenters. The van der Waals surface area contributed by atoms with Crippen LogP contribution in [0.4, 0.5) is 0 Å². The first kappa shape index (κ1) is 10.9. The van der Waals surface area contributed by atoms with E-state index >= 15 is 0 Å². The van der Waals surface area contributed by atoms with Gasteiger partial charge in [0.2, 0.25) is 0 Å². The zero-order valence-corrected chi connectivity index (χ0v) is 9.80. The summed E-state index contributed by atoms with van der Waals surface area (Å²) in [5.74, 6) is 0. The van der Waals surface area contributed by atoms with Gasteiger partial charge in [-0.3, -0.25) is 4.57 Å². The quantitative estimate of drug-likeness (QED) is 0.834. The highest BCUT2D eigenvalue weighted by Gasteiger charge is 2.20. The molecule has 3 nitrogen and oxygen atoms in total. The third kappa shape index (κ3) is 2.64. The van der Waals surface area contributed by atoms with Gasteiger partial charge < -0.3 is 9.42 Å². The van der Waals surface area contributed by atoms with Gasteiger partial charge in [0.1, 0.15) is 0 Å². The molecule has 0 saturated carbocycles. The minimum Gasteiger partial charge on any atom is -0.321 e. The van der Waals surface area contributed by atoms with Crippen LogP contribution in [0.5, 0.6) is 0 Å². The van der Waals surface area contributed by atoms with Crippen molar-refractivity contribution < 1.29 is 14.0 Å². The largest absolute Gasteiger partial charge is 0.358 e. The average Bonchev–Trinajstić information content (AvgIpc) is 2.02. The van der Waals surface area contributed by atoms with Crippen LogP contribution in [0.3, 0.4) is 0 Å². The molecule has 72 valence electrons. The Hall–Kier alpha value is -0.150. The van der Waals surface area contributed by atoms with Gasteiger partial charge in [-0.05, 0) is 30.7 Å². The predicted molar refractivity (Wildman–Crippen MR) is 55.3 cm³/mol. The van der Waals surface area contributed by atoms with Crippen molar-refractivity contribution in [3.05, 3.63) is 28.2 Å². The fraction of sp³-hybridized carbons (Fsp3) is 0.250. The summed E-state index contributed by atoms with van der Waals surface area (Å²) in [5, 5.41) is 0.307. The Bertz CT molecular complexity index is 344. The summed E-state index contributed by atoms with van der Waals surface area (Å²) in [5.41, 5.74) is 0.913. The second-order valence-corrected chi connectivity index (χ2v) is 5.53. The van der Waals surface area contributed by atoms with Crippen molar-refractivity contribution in [2.45, 2.75) is 6.92 Å². The normalized spacial score (nSPS) is 15.4. The first-order valence-electron chi connectivity index (χ1n) is 3.62. The number of benzene rings is 1. The molecule has 1 aromatic rings. The fourth-order valence-corrected chi connectivity index (χ4v) is 2.65. The van der Waals surface area contributed by atoms with E-state index in [2.05, 4.69) is 20.5 Å². The van der Waals surface area contributed by atoms with Crippen LogP contribution < -0.4 is 5.30 Å². The van der Waals surface area contributed by atoms with Crippen molar-refractivity contribution in [2.75, 3.05) is 7.11 Å². The van der Waals surface area contributed by atoms with E-state index in [9.17, 15) is 9.46 Å². The van der Waals surface area contributed by atoms with Crippen LogP contribution in [-0.4, -0.2) is 12.0 Å². The highest BCUT2D eigenvalue weighted by molar-refractivity contribution is 9.10. The van der Waals surface area contributed by atoms with E-state index in [1.807, 2.05) is 13.0 Å². The van der Waals surface area contributed by atoms with Crippen LogP contribution in [0.25, 0.3) is 0 Å². The Kier molecular flexibility index (Phi) is 3.30. The highest BCUT2D eigenvalue weighted by atomic mass is 79.9. The van der Waals surface area contributed by atoms with Crippen molar-refractivity contribution in [3.8, 4) is 0 Å². The molecule has 0 heterocycles. The summed E-state index contributed by atoms with van der Waals surface area (Å²) in [6.07, 6.45) is 0. The first-order chi connectivity index (χ1) is 5.95. The molecular weight excluding hydrogens is 255 g/mol. The second kappa shape index (κ2) is 3.93. The van der Waals surface area contributed by atoms with Gasteiger partial charge in [-0.15, -0.1) is 0 Å². The van der Waals surface area contributed by atoms with Crippen molar-refractivity contribution in [2.24, 2.45) is 0 Å². The summed E-state index contributed by atoms with van der Waals surface area (Å²) in [7, 11) is -2.39. The van der Waals surface area contributed by atoms with E-state index in [4.69, 9.17) is 0 Å². The third-order valence-corrected chi connectivity index (χ3v) is 3.46. The molecule has 0 aliphatic heterocycles. The molecule has 0 saturated heterocycles. The Morgan fingerprint density at radius 1 is 1.46 bits per heavy atom. The summed E-state index contributed by atoms with van der Waals surface area (Å²) in [6.45, 7) is 1.85. The molecule has 1 rings (SSSR count). The van der Waals surface area contributed by atoms with Crippen LogP contribution in [0.2, 0.25) is 0 Å².